The largest absolute Gasteiger partial charge is 0.352 e. The van der Waals surface area contributed by atoms with Gasteiger partial charge in [0, 0.05) is 29.2 Å². The van der Waals surface area contributed by atoms with E-state index in [2.05, 4.69) is 21.2 Å². The van der Waals surface area contributed by atoms with Gasteiger partial charge in [0.25, 0.3) is 0 Å². The smallest absolute Gasteiger partial charge is 0.220 e. The van der Waals surface area contributed by atoms with E-state index in [-0.39, 0.29) is 11.7 Å². The maximum absolute atomic E-state index is 13.0. The summed E-state index contributed by atoms with van der Waals surface area (Å²) in [5, 5.41) is 2.90. The molecule has 1 amide bonds. The molecule has 2 aromatic heterocycles. The monoisotopic (exact) mass is 451 g/mol. The highest BCUT2D eigenvalue weighted by Gasteiger charge is 2.15. The van der Waals surface area contributed by atoms with Crippen molar-refractivity contribution in [2.24, 2.45) is 0 Å². The molecule has 29 heavy (non-hydrogen) atoms. The van der Waals surface area contributed by atoms with Gasteiger partial charge < -0.3 is 9.72 Å². The number of hydrogen-bond donors (Lipinski definition) is 1. The maximum atomic E-state index is 13.0. The normalized spacial score (nSPS) is 11.0. The Labute approximate surface area is 176 Å². The minimum absolute atomic E-state index is 0.0537. The lowest BCUT2D eigenvalue weighted by Gasteiger charge is -2.08. The topological polar surface area (TPSA) is 46.4 Å². The summed E-state index contributed by atoms with van der Waals surface area (Å²) < 4.78 is 16.0. The molecule has 146 valence electrons. The molecule has 0 radical (unpaired) electrons. The average Bonchev–Trinajstić information content (AvgIpc) is 3.11. The number of carbonyl (C=O) groups excluding carboxylic acids is 1. The Morgan fingerprint density at radius 2 is 1.79 bits per heavy atom. The fraction of sp³-hybridized carbons (Fsp3) is 0.130. The SMILES string of the molecule is O=C(CCc1c(-c2ccc(Br)cc2)nc2ccccn12)NCc1ccc(F)cc1. The van der Waals surface area contributed by atoms with Crippen LogP contribution in [0.2, 0.25) is 0 Å². The Morgan fingerprint density at radius 3 is 2.55 bits per heavy atom. The lowest BCUT2D eigenvalue weighted by Crippen LogP contribution is -2.23. The predicted octanol–water partition coefficient (Wildman–Crippen LogP) is 5.15. The van der Waals surface area contributed by atoms with Crippen molar-refractivity contribution in [3.05, 3.63) is 94.5 Å². The van der Waals surface area contributed by atoms with Crippen LogP contribution in [-0.2, 0) is 17.8 Å². The molecule has 0 fully saturated rings. The number of halogens is 2. The average molecular weight is 452 g/mol. The molecule has 4 aromatic rings. The highest BCUT2D eigenvalue weighted by molar-refractivity contribution is 9.10. The molecule has 0 saturated heterocycles. The molecule has 0 aliphatic carbocycles. The third-order valence-corrected chi connectivity index (χ3v) is 5.27. The van der Waals surface area contributed by atoms with Crippen LogP contribution in [-0.4, -0.2) is 15.3 Å². The van der Waals surface area contributed by atoms with Crippen molar-refractivity contribution < 1.29 is 9.18 Å². The summed E-state index contributed by atoms with van der Waals surface area (Å²) in [6, 6.07) is 20.0. The van der Waals surface area contributed by atoms with Gasteiger partial charge in [-0.15, -0.1) is 0 Å². The zero-order chi connectivity index (χ0) is 20.2. The van der Waals surface area contributed by atoms with Crippen molar-refractivity contribution >= 4 is 27.5 Å². The van der Waals surface area contributed by atoms with Crippen molar-refractivity contribution in [2.45, 2.75) is 19.4 Å². The number of hydrogen-bond acceptors (Lipinski definition) is 2. The second-order valence-corrected chi connectivity index (χ2v) is 7.66. The Bertz CT molecular complexity index is 1140. The first-order valence-corrected chi connectivity index (χ1v) is 10.1. The number of benzene rings is 2. The molecule has 4 rings (SSSR count). The first kappa shape index (κ1) is 19.3. The summed E-state index contributed by atoms with van der Waals surface area (Å²) in [5.74, 6) is -0.338. The summed E-state index contributed by atoms with van der Waals surface area (Å²) in [7, 11) is 0. The van der Waals surface area contributed by atoms with Crippen molar-refractivity contribution in [1.82, 2.24) is 14.7 Å². The number of pyridine rings is 1. The van der Waals surface area contributed by atoms with E-state index in [4.69, 9.17) is 4.98 Å². The van der Waals surface area contributed by atoms with Gasteiger partial charge in [0.15, 0.2) is 0 Å². The van der Waals surface area contributed by atoms with Gasteiger partial charge in [-0.3, -0.25) is 4.79 Å². The number of amides is 1. The van der Waals surface area contributed by atoms with Gasteiger partial charge in [-0.05, 0) is 48.4 Å². The number of rotatable bonds is 6. The molecule has 2 aromatic carbocycles. The molecule has 0 aliphatic rings. The Morgan fingerprint density at radius 1 is 1.03 bits per heavy atom. The lowest BCUT2D eigenvalue weighted by atomic mass is 10.1. The van der Waals surface area contributed by atoms with Crippen LogP contribution in [0.4, 0.5) is 4.39 Å². The van der Waals surface area contributed by atoms with Crippen molar-refractivity contribution in [3.8, 4) is 11.3 Å². The van der Waals surface area contributed by atoms with Crippen molar-refractivity contribution in [1.29, 1.82) is 0 Å². The lowest BCUT2D eigenvalue weighted by molar-refractivity contribution is -0.121. The molecular formula is C23H19BrFN3O. The quantitative estimate of drug-likeness (QED) is 0.440. The second-order valence-electron chi connectivity index (χ2n) is 6.75. The molecular weight excluding hydrogens is 433 g/mol. The second kappa shape index (κ2) is 8.57. The molecule has 0 atom stereocenters. The zero-order valence-electron chi connectivity index (χ0n) is 15.6. The Kier molecular flexibility index (Phi) is 5.71. The van der Waals surface area contributed by atoms with E-state index in [1.54, 1.807) is 12.1 Å². The Hall–Kier alpha value is -2.99. The van der Waals surface area contributed by atoms with Gasteiger partial charge >= 0.3 is 0 Å². The van der Waals surface area contributed by atoms with Crippen LogP contribution in [0, 0.1) is 5.82 Å². The maximum Gasteiger partial charge on any atom is 0.220 e. The van der Waals surface area contributed by atoms with Crippen LogP contribution in [0.1, 0.15) is 17.7 Å². The summed E-state index contributed by atoms with van der Waals surface area (Å²) in [6.07, 6.45) is 2.87. The van der Waals surface area contributed by atoms with Crippen LogP contribution < -0.4 is 5.32 Å². The van der Waals surface area contributed by atoms with E-state index in [1.165, 1.54) is 12.1 Å². The number of nitrogens with one attached hydrogen (secondary N) is 1. The highest BCUT2D eigenvalue weighted by atomic mass is 79.9. The molecule has 0 spiro atoms. The first-order chi connectivity index (χ1) is 14.1. The standard InChI is InChI=1S/C23H19BrFN3O/c24-18-8-6-17(7-9-18)23-20(28-14-2-1-3-21(28)27-23)12-13-22(29)26-15-16-4-10-19(25)11-5-16/h1-11,14H,12-13,15H2,(H,26,29). The molecule has 0 bridgehead atoms. The van der Waals surface area contributed by atoms with Crippen molar-refractivity contribution in [3.63, 3.8) is 0 Å². The third-order valence-electron chi connectivity index (χ3n) is 4.74. The first-order valence-electron chi connectivity index (χ1n) is 9.33. The number of nitrogens with zero attached hydrogens (tertiary/aromatic N) is 2. The Balaban J connectivity index is 1.50. The van der Waals surface area contributed by atoms with E-state index in [0.717, 1.165) is 32.6 Å². The van der Waals surface area contributed by atoms with E-state index in [9.17, 15) is 9.18 Å². The molecule has 0 aliphatic heterocycles. The summed E-state index contributed by atoms with van der Waals surface area (Å²) in [5.41, 5.74) is 4.62. The van der Waals surface area contributed by atoms with Gasteiger partial charge in [0.2, 0.25) is 5.91 Å². The van der Waals surface area contributed by atoms with Crippen LogP contribution in [0.5, 0.6) is 0 Å². The van der Waals surface area contributed by atoms with E-state index >= 15 is 0 Å². The molecule has 1 N–H and O–H groups in total. The van der Waals surface area contributed by atoms with E-state index in [0.29, 0.717) is 19.4 Å². The van der Waals surface area contributed by atoms with Crippen LogP contribution >= 0.6 is 15.9 Å². The minimum atomic E-state index is -0.284. The van der Waals surface area contributed by atoms with Gasteiger partial charge in [-0.2, -0.15) is 0 Å². The number of carbonyl (C=O) groups is 1. The molecule has 4 nitrogen and oxygen atoms in total. The molecule has 6 heteroatoms. The predicted molar refractivity (Wildman–Crippen MR) is 115 cm³/mol. The van der Waals surface area contributed by atoms with Crippen LogP contribution in [0.3, 0.4) is 0 Å². The fourth-order valence-corrected chi connectivity index (χ4v) is 3.51. The van der Waals surface area contributed by atoms with Crippen molar-refractivity contribution in [2.75, 3.05) is 0 Å². The minimum Gasteiger partial charge on any atom is -0.352 e. The summed E-state index contributed by atoms with van der Waals surface area (Å²) in [4.78, 5) is 17.2. The molecule has 2 heterocycles. The van der Waals surface area contributed by atoms with Crippen LogP contribution in [0.15, 0.2) is 77.4 Å². The van der Waals surface area contributed by atoms with Gasteiger partial charge in [-0.25, -0.2) is 9.37 Å². The highest BCUT2D eigenvalue weighted by Crippen LogP contribution is 2.27. The van der Waals surface area contributed by atoms with Gasteiger partial charge in [0.05, 0.1) is 11.4 Å². The number of aromatic nitrogens is 2. The van der Waals surface area contributed by atoms with E-state index in [1.807, 2.05) is 53.1 Å². The van der Waals surface area contributed by atoms with Gasteiger partial charge in [0.1, 0.15) is 11.5 Å². The number of fused-ring (bicyclic) bond motifs is 1. The number of imidazole rings is 1. The third kappa shape index (κ3) is 4.54. The van der Waals surface area contributed by atoms with Crippen LogP contribution in [0.25, 0.3) is 16.9 Å². The zero-order valence-corrected chi connectivity index (χ0v) is 17.2. The fourth-order valence-electron chi connectivity index (χ4n) is 3.25. The molecule has 0 unspecified atom stereocenters. The van der Waals surface area contributed by atoms with Gasteiger partial charge in [-0.1, -0.05) is 46.3 Å². The summed E-state index contributed by atoms with van der Waals surface area (Å²) in [6.45, 7) is 0.381. The van der Waals surface area contributed by atoms with E-state index < -0.39 is 0 Å². The number of aryl methyl sites for hydroxylation is 1. The summed E-state index contributed by atoms with van der Waals surface area (Å²) >= 11 is 3.46. The molecule has 0 saturated carbocycles.